The molecule has 1 fully saturated rings. The predicted octanol–water partition coefficient (Wildman–Crippen LogP) is 7.45. The van der Waals surface area contributed by atoms with Crippen LogP contribution in [0.15, 0.2) is 90.7 Å². The van der Waals surface area contributed by atoms with Crippen LogP contribution in [0.25, 0.3) is 16.7 Å². The van der Waals surface area contributed by atoms with Gasteiger partial charge in [0.25, 0.3) is 0 Å². The minimum absolute atomic E-state index is 0.246. The number of carbonyl (C=O) groups is 2. The Morgan fingerprint density at radius 3 is 1.40 bits per heavy atom. The van der Waals surface area contributed by atoms with Crippen LogP contribution in [0.2, 0.25) is 0 Å². The summed E-state index contributed by atoms with van der Waals surface area (Å²) < 4.78 is 43.8. The molecule has 10 heteroatoms. The van der Waals surface area contributed by atoms with Crippen LogP contribution in [0.5, 0.6) is 17.2 Å². The van der Waals surface area contributed by atoms with Crippen LogP contribution in [0.1, 0.15) is 44.1 Å². The maximum atomic E-state index is 13.0. The zero-order valence-electron chi connectivity index (χ0n) is 30.2. The summed E-state index contributed by atoms with van der Waals surface area (Å²) >= 11 is 0. The van der Waals surface area contributed by atoms with Crippen molar-refractivity contribution in [3.05, 3.63) is 96.3 Å². The first-order valence-corrected chi connectivity index (χ1v) is 18.1. The van der Waals surface area contributed by atoms with Gasteiger partial charge in [-0.25, -0.2) is 0 Å². The topological polar surface area (TPSA) is 108 Å². The molecule has 0 radical (unpaired) electrons. The van der Waals surface area contributed by atoms with Crippen LogP contribution < -0.4 is 14.2 Å². The molecule has 0 aromatic heterocycles. The molecule has 10 nitrogen and oxygen atoms in total. The van der Waals surface area contributed by atoms with E-state index in [4.69, 9.17) is 37.9 Å². The summed E-state index contributed by atoms with van der Waals surface area (Å²) in [7, 11) is 3.29. The zero-order chi connectivity index (χ0) is 36.4. The molecule has 2 aliphatic carbocycles. The molecule has 3 aromatic rings. The number of esters is 2. The van der Waals surface area contributed by atoms with Crippen LogP contribution in [0.3, 0.4) is 0 Å². The van der Waals surface area contributed by atoms with Crippen LogP contribution in [-0.2, 0) is 33.3 Å². The van der Waals surface area contributed by atoms with E-state index in [1.165, 1.54) is 5.57 Å². The fourth-order valence-electron chi connectivity index (χ4n) is 6.08. The standard InChI is InChI=1S/C42H50O10/c1-45-23-25-47-27-29-49-37-15-7-31(8-16-37)33-11-19-39(20-12-33)51-41(43)35-3-5-36(6-4-35)42(44)52-40-21-13-34(14-22-40)32-9-17-38(18-10-32)50-30-28-48-26-24-46-2/h7-9,11-17,19-22,35-36H,3-6,10,18,23-30H2,1-2H3. The van der Waals surface area contributed by atoms with Crippen molar-refractivity contribution in [3.8, 4) is 28.4 Å². The Kier molecular flexibility index (Phi) is 15.8. The molecular formula is C42H50O10. The van der Waals surface area contributed by atoms with Gasteiger partial charge in [-0.05, 0) is 96.8 Å². The summed E-state index contributed by atoms with van der Waals surface area (Å²) in [4.78, 5) is 25.9. The fourth-order valence-corrected chi connectivity index (χ4v) is 6.08. The molecule has 1 saturated carbocycles. The fraction of sp³-hybridized carbons (Fsp3) is 0.429. The smallest absolute Gasteiger partial charge is 0.314 e. The minimum atomic E-state index is -0.264. The van der Waals surface area contributed by atoms with E-state index in [1.54, 1.807) is 26.4 Å². The van der Waals surface area contributed by atoms with Gasteiger partial charge in [-0.2, -0.15) is 0 Å². The van der Waals surface area contributed by atoms with Crippen molar-refractivity contribution >= 4 is 17.5 Å². The van der Waals surface area contributed by atoms with Crippen LogP contribution in [-0.4, -0.2) is 79.0 Å². The quantitative estimate of drug-likeness (QED) is 0.0665. The summed E-state index contributed by atoms with van der Waals surface area (Å²) in [5.41, 5.74) is 4.32. The molecule has 0 aliphatic heterocycles. The van der Waals surface area contributed by atoms with Gasteiger partial charge in [-0.1, -0.05) is 42.5 Å². The van der Waals surface area contributed by atoms with E-state index in [0.29, 0.717) is 90.0 Å². The Balaban J connectivity index is 0.999. The monoisotopic (exact) mass is 714 g/mol. The van der Waals surface area contributed by atoms with Gasteiger partial charge in [0, 0.05) is 20.6 Å². The Morgan fingerprint density at radius 2 is 0.942 bits per heavy atom. The number of hydrogen-bond donors (Lipinski definition) is 0. The van der Waals surface area contributed by atoms with E-state index in [9.17, 15) is 9.59 Å². The number of methoxy groups -OCH3 is 2. The Labute approximate surface area is 306 Å². The number of ether oxygens (including phenoxy) is 8. The van der Waals surface area contributed by atoms with Crippen molar-refractivity contribution in [2.75, 3.05) is 67.1 Å². The highest BCUT2D eigenvalue weighted by Crippen LogP contribution is 2.33. The number of carbonyl (C=O) groups excluding carboxylic acids is 2. The number of rotatable bonds is 20. The third kappa shape index (κ3) is 12.3. The van der Waals surface area contributed by atoms with Crippen LogP contribution >= 0.6 is 0 Å². The molecule has 2 aliphatic rings. The highest BCUT2D eigenvalue weighted by molar-refractivity contribution is 5.78. The van der Waals surface area contributed by atoms with E-state index in [-0.39, 0.29) is 23.8 Å². The van der Waals surface area contributed by atoms with Gasteiger partial charge >= 0.3 is 11.9 Å². The average molecular weight is 715 g/mol. The van der Waals surface area contributed by atoms with E-state index < -0.39 is 0 Å². The average Bonchev–Trinajstić information content (AvgIpc) is 3.19. The lowest BCUT2D eigenvalue weighted by Crippen LogP contribution is -2.30. The molecule has 0 bridgehead atoms. The van der Waals surface area contributed by atoms with Gasteiger partial charge in [0.05, 0.1) is 57.2 Å². The predicted molar refractivity (Wildman–Crippen MR) is 197 cm³/mol. The summed E-state index contributed by atoms with van der Waals surface area (Å²) in [6.07, 6.45) is 8.10. The van der Waals surface area contributed by atoms with Gasteiger partial charge in [-0.15, -0.1) is 0 Å². The van der Waals surface area contributed by atoms with Gasteiger partial charge in [0.15, 0.2) is 0 Å². The summed E-state index contributed by atoms with van der Waals surface area (Å²) in [5, 5.41) is 0. The number of benzene rings is 3. The summed E-state index contributed by atoms with van der Waals surface area (Å²) in [6, 6.07) is 22.9. The maximum Gasteiger partial charge on any atom is 0.314 e. The molecule has 0 atom stereocenters. The van der Waals surface area contributed by atoms with Crippen molar-refractivity contribution in [3.63, 3.8) is 0 Å². The highest BCUT2D eigenvalue weighted by Gasteiger charge is 2.32. The number of allylic oxidation sites excluding steroid dienone is 4. The maximum absolute atomic E-state index is 13.0. The van der Waals surface area contributed by atoms with Gasteiger partial charge in [0.2, 0.25) is 0 Å². The first kappa shape index (κ1) is 38.7. The third-order valence-corrected chi connectivity index (χ3v) is 9.08. The molecule has 0 N–H and O–H groups in total. The van der Waals surface area contributed by atoms with Crippen molar-refractivity contribution in [1.29, 1.82) is 0 Å². The molecular weight excluding hydrogens is 664 g/mol. The second-order valence-corrected chi connectivity index (χ2v) is 12.7. The zero-order valence-corrected chi connectivity index (χ0v) is 30.2. The Morgan fingerprint density at radius 1 is 0.500 bits per heavy atom. The molecule has 0 saturated heterocycles. The molecule has 0 heterocycles. The van der Waals surface area contributed by atoms with Crippen LogP contribution in [0.4, 0.5) is 0 Å². The van der Waals surface area contributed by atoms with Crippen molar-refractivity contribution in [2.45, 2.75) is 38.5 Å². The van der Waals surface area contributed by atoms with Crippen molar-refractivity contribution in [2.24, 2.45) is 11.8 Å². The van der Waals surface area contributed by atoms with Gasteiger partial charge in [-0.3, -0.25) is 9.59 Å². The lowest BCUT2D eigenvalue weighted by molar-refractivity contribution is -0.145. The largest absolute Gasteiger partial charge is 0.496 e. The molecule has 0 amide bonds. The molecule has 5 rings (SSSR count). The molecule has 0 spiro atoms. The van der Waals surface area contributed by atoms with E-state index >= 15 is 0 Å². The molecule has 52 heavy (non-hydrogen) atoms. The lowest BCUT2D eigenvalue weighted by atomic mass is 9.82. The van der Waals surface area contributed by atoms with E-state index in [2.05, 4.69) is 6.08 Å². The first-order chi connectivity index (χ1) is 25.5. The summed E-state index contributed by atoms with van der Waals surface area (Å²) in [6.45, 7) is 4.26. The summed E-state index contributed by atoms with van der Waals surface area (Å²) in [5.74, 6) is 1.72. The van der Waals surface area contributed by atoms with Crippen molar-refractivity contribution < 1.29 is 47.5 Å². The van der Waals surface area contributed by atoms with E-state index in [0.717, 1.165) is 41.0 Å². The number of hydrogen-bond acceptors (Lipinski definition) is 10. The molecule has 0 unspecified atom stereocenters. The van der Waals surface area contributed by atoms with E-state index in [1.807, 2.05) is 66.7 Å². The highest BCUT2D eigenvalue weighted by atomic mass is 16.6. The third-order valence-electron chi connectivity index (χ3n) is 9.08. The molecule has 3 aromatic carbocycles. The Hall–Kier alpha value is -4.48. The first-order valence-electron chi connectivity index (χ1n) is 18.1. The van der Waals surface area contributed by atoms with Gasteiger partial charge < -0.3 is 37.9 Å². The molecule has 278 valence electrons. The van der Waals surface area contributed by atoms with Crippen molar-refractivity contribution in [1.82, 2.24) is 0 Å². The minimum Gasteiger partial charge on any atom is -0.496 e. The second kappa shape index (κ2) is 21.1. The SMILES string of the molecule is COCCOCCOC1=CC=C(c2ccc(OC(=O)C3CCC(C(=O)Oc4ccc(-c5ccc(OCCOCCOC)cc5)cc4)CC3)cc2)CC1. The Bertz CT molecular complexity index is 1590. The normalized spacial score (nSPS) is 17.1. The van der Waals surface area contributed by atoms with Crippen LogP contribution in [0, 0.1) is 11.8 Å². The second-order valence-electron chi connectivity index (χ2n) is 12.7. The van der Waals surface area contributed by atoms with Gasteiger partial charge in [0.1, 0.15) is 30.5 Å². The lowest BCUT2D eigenvalue weighted by Gasteiger charge is -2.25.